The van der Waals surface area contributed by atoms with Gasteiger partial charge in [-0.2, -0.15) is 0 Å². The maximum atomic E-state index is 11.9. The molecule has 1 aromatic carbocycles. The van der Waals surface area contributed by atoms with E-state index in [9.17, 15) is 9.59 Å². The Hall–Kier alpha value is -2.43. The Kier molecular flexibility index (Phi) is 3.52. The highest BCUT2D eigenvalue weighted by Crippen LogP contribution is 2.02. The molecular weight excluding hydrogens is 230 g/mol. The van der Waals surface area contributed by atoms with Crippen molar-refractivity contribution < 1.29 is 9.59 Å². The number of nitrogens with zero attached hydrogens (tertiary/aromatic N) is 3. The zero-order valence-corrected chi connectivity index (χ0v) is 9.98. The van der Waals surface area contributed by atoms with E-state index in [1.54, 1.807) is 37.5 Å². The molecule has 0 aliphatic rings. The Balaban J connectivity index is 2.02. The van der Waals surface area contributed by atoms with Crippen molar-refractivity contribution >= 4 is 11.8 Å². The van der Waals surface area contributed by atoms with Crippen LogP contribution in [0.15, 0.2) is 49.1 Å². The molecule has 0 N–H and O–H groups in total. The van der Waals surface area contributed by atoms with Gasteiger partial charge >= 0.3 is 6.03 Å². The fourth-order valence-corrected chi connectivity index (χ4v) is 1.57. The van der Waals surface area contributed by atoms with Crippen LogP contribution >= 0.6 is 0 Å². The van der Waals surface area contributed by atoms with E-state index < -0.39 is 0 Å². The summed E-state index contributed by atoms with van der Waals surface area (Å²) in [6.45, 7) is 0.0427. The number of hydrogen-bond donors (Lipinski definition) is 0. The minimum atomic E-state index is -0.281. The zero-order valence-electron chi connectivity index (χ0n) is 9.98. The molecule has 1 amide bonds. The lowest BCUT2D eigenvalue weighted by molar-refractivity contribution is 0.0955. The van der Waals surface area contributed by atoms with Gasteiger partial charge in [-0.25, -0.2) is 9.78 Å². The zero-order chi connectivity index (χ0) is 13.0. The van der Waals surface area contributed by atoms with Gasteiger partial charge in [0.05, 0.1) is 6.54 Å². The first kappa shape index (κ1) is 12.0. The molecule has 0 atom stereocenters. The number of imidazole rings is 1. The highest BCUT2D eigenvalue weighted by Gasteiger charge is 2.15. The third kappa shape index (κ3) is 2.63. The van der Waals surface area contributed by atoms with Gasteiger partial charge in [0.1, 0.15) is 6.33 Å². The predicted molar refractivity (Wildman–Crippen MR) is 66.4 cm³/mol. The molecule has 1 heterocycles. The molecule has 0 bridgehead atoms. The van der Waals surface area contributed by atoms with Crippen molar-refractivity contribution in [2.24, 2.45) is 0 Å². The van der Waals surface area contributed by atoms with E-state index in [1.165, 1.54) is 22.0 Å². The number of ketones is 1. The Bertz CT molecular complexity index is 535. The number of Topliss-reactive ketones (excluding diaryl/α,β-unsaturated/α-hetero) is 1. The molecule has 2 rings (SSSR count). The van der Waals surface area contributed by atoms with Crippen molar-refractivity contribution in [3.8, 4) is 0 Å². The maximum absolute atomic E-state index is 11.9. The van der Waals surface area contributed by atoms with Crippen LogP contribution in [0, 0.1) is 0 Å². The van der Waals surface area contributed by atoms with Gasteiger partial charge in [-0.3, -0.25) is 9.36 Å². The summed E-state index contributed by atoms with van der Waals surface area (Å²) in [6.07, 6.45) is 4.47. The van der Waals surface area contributed by atoms with Gasteiger partial charge in [0.2, 0.25) is 0 Å². The van der Waals surface area contributed by atoms with Gasteiger partial charge in [0.15, 0.2) is 5.78 Å². The van der Waals surface area contributed by atoms with E-state index >= 15 is 0 Å². The van der Waals surface area contributed by atoms with Gasteiger partial charge in [-0.15, -0.1) is 0 Å². The topological polar surface area (TPSA) is 55.2 Å². The lowest BCUT2D eigenvalue weighted by Gasteiger charge is -2.16. The molecule has 0 saturated carbocycles. The largest absolute Gasteiger partial charge is 0.329 e. The van der Waals surface area contributed by atoms with Crippen LogP contribution in [0.3, 0.4) is 0 Å². The molecule has 0 unspecified atom stereocenters. The fraction of sp³-hybridized carbons (Fsp3) is 0.154. The Morgan fingerprint density at radius 2 is 2.00 bits per heavy atom. The van der Waals surface area contributed by atoms with Crippen LogP contribution in [0.5, 0.6) is 0 Å². The summed E-state index contributed by atoms with van der Waals surface area (Å²) in [4.78, 5) is 28.9. The molecule has 0 fully saturated rings. The Labute approximate surface area is 105 Å². The maximum Gasteiger partial charge on any atom is 0.329 e. The molecule has 1 aromatic heterocycles. The lowest BCUT2D eigenvalue weighted by Crippen LogP contribution is -2.34. The smallest absolute Gasteiger partial charge is 0.319 e. The summed E-state index contributed by atoms with van der Waals surface area (Å²) in [7, 11) is 1.59. The summed E-state index contributed by atoms with van der Waals surface area (Å²) < 4.78 is 1.33. The van der Waals surface area contributed by atoms with Gasteiger partial charge in [0, 0.05) is 25.0 Å². The first-order valence-corrected chi connectivity index (χ1v) is 5.50. The van der Waals surface area contributed by atoms with Gasteiger partial charge in [-0.1, -0.05) is 30.3 Å². The van der Waals surface area contributed by atoms with Gasteiger partial charge in [-0.05, 0) is 0 Å². The van der Waals surface area contributed by atoms with E-state index in [-0.39, 0.29) is 18.4 Å². The second-order valence-corrected chi connectivity index (χ2v) is 3.90. The molecule has 5 heteroatoms. The monoisotopic (exact) mass is 243 g/mol. The number of benzene rings is 1. The Morgan fingerprint density at radius 1 is 1.28 bits per heavy atom. The molecule has 0 radical (unpaired) electrons. The average molecular weight is 243 g/mol. The van der Waals surface area contributed by atoms with E-state index in [0.717, 1.165) is 0 Å². The van der Waals surface area contributed by atoms with Crippen molar-refractivity contribution in [2.75, 3.05) is 13.6 Å². The van der Waals surface area contributed by atoms with Crippen molar-refractivity contribution in [1.82, 2.24) is 14.5 Å². The van der Waals surface area contributed by atoms with Crippen LogP contribution in [-0.2, 0) is 0 Å². The van der Waals surface area contributed by atoms with Crippen molar-refractivity contribution in [3.63, 3.8) is 0 Å². The van der Waals surface area contributed by atoms with E-state index in [2.05, 4.69) is 4.98 Å². The van der Waals surface area contributed by atoms with E-state index in [4.69, 9.17) is 0 Å². The molecule has 18 heavy (non-hydrogen) atoms. The molecule has 5 nitrogen and oxygen atoms in total. The third-order valence-electron chi connectivity index (χ3n) is 2.53. The minimum Gasteiger partial charge on any atom is -0.319 e. The molecule has 0 saturated heterocycles. The molecule has 92 valence electrons. The van der Waals surface area contributed by atoms with Crippen molar-refractivity contribution in [1.29, 1.82) is 0 Å². The van der Waals surface area contributed by atoms with Gasteiger partial charge in [0.25, 0.3) is 0 Å². The highest BCUT2D eigenvalue weighted by atomic mass is 16.2. The van der Waals surface area contributed by atoms with Crippen molar-refractivity contribution in [2.45, 2.75) is 0 Å². The first-order chi connectivity index (χ1) is 8.68. The highest BCUT2D eigenvalue weighted by molar-refractivity contribution is 5.99. The number of rotatable bonds is 3. The summed E-state index contributed by atoms with van der Waals surface area (Å²) in [6, 6.07) is 8.62. The average Bonchev–Trinajstić information content (AvgIpc) is 2.92. The van der Waals surface area contributed by atoms with E-state index in [0.29, 0.717) is 5.56 Å². The van der Waals surface area contributed by atoms with Crippen LogP contribution in [0.25, 0.3) is 0 Å². The summed E-state index contributed by atoms with van der Waals surface area (Å²) >= 11 is 0. The van der Waals surface area contributed by atoms with Crippen molar-refractivity contribution in [3.05, 3.63) is 54.6 Å². The Morgan fingerprint density at radius 3 is 2.61 bits per heavy atom. The quantitative estimate of drug-likeness (QED) is 0.770. The molecule has 0 aliphatic carbocycles. The van der Waals surface area contributed by atoms with Crippen LogP contribution in [0.2, 0.25) is 0 Å². The van der Waals surface area contributed by atoms with Crippen LogP contribution in [0.4, 0.5) is 4.79 Å². The normalized spacial score (nSPS) is 10.1. The van der Waals surface area contributed by atoms with E-state index in [1.807, 2.05) is 6.07 Å². The lowest BCUT2D eigenvalue weighted by atomic mass is 10.1. The number of amides is 1. The molecule has 0 aliphatic heterocycles. The van der Waals surface area contributed by atoms with Crippen LogP contribution in [0.1, 0.15) is 10.4 Å². The molecular formula is C13H13N3O2. The number of likely N-dealkylation sites (N-methyl/N-ethyl adjacent to an activating group) is 1. The second-order valence-electron chi connectivity index (χ2n) is 3.90. The van der Waals surface area contributed by atoms with Crippen LogP contribution in [-0.4, -0.2) is 39.9 Å². The number of hydrogen-bond acceptors (Lipinski definition) is 3. The number of carbonyl (C=O) groups excluding carboxylic acids is 2. The standard InChI is InChI=1S/C13H13N3O2/c1-15(13(18)16-8-7-14-10-16)9-12(17)11-5-3-2-4-6-11/h2-8,10H,9H2,1H3. The summed E-state index contributed by atoms with van der Waals surface area (Å²) in [5.74, 6) is -0.0911. The molecule has 2 aromatic rings. The minimum absolute atomic E-state index is 0.0427. The number of carbonyl (C=O) groups is 2. The summed E-state index contributed by atoms with van der Waals surface area (Å²) in [5.41, 5.74) is 0.600. The first-order valence-electron chi connectivity index (χ1n) is 5.50. The predicted octanol–water partition coefficient (Wildman–Crippen LogP) is 1.67. The fourth-order valence-electron chi connectivity index (χ4n) is 1.57. The van der Waals surface area contributed by atoms with Crippen LogP contribution < -0.4 is 0 Å². The SMILES string of the molecule is CN(CC(=O)c1ccccc1)C(=O)n1ccnc1. The second kappa shape index (κ2) is 5.27. The number of aromatic nitrogens is 2. The third-order valence-corrected chi connectivity index (χ3v) is 2.53. The van der Waals surface area contributed by atoms with Gasteiger partial charge < -0.3 is 4.90 Å². The molecule has 0 spiro atoms. The summed E-state index contributed by atoms with van der Waals surface area (Å²) in [5, 5.41) is 0.